The van der Waals surface area contributed by atoms with Crippen molar-refractivity contribution in [2.45, 2.75) is 85.1 Å². The molecule has 0 aromatic carbocycles. The van der Waals surface area contributed by atoms with E-state index in [2.05, 4.69) is 27.0 Å². The average molecular weight is 491 g/mol. The van der Waals surface area contributed by atoms with Crippen molar-refractivity contribution in [3.8, 4) is 0 Å². The first kappa shape index (κ1) is 27.1. The van der Waals surface area contributed by atoms with Gasteiger partial charge in [-0.1, -0.05) is 38.7 Å². The second-order valence-electron chi connectivity index (χ2n) is 10.2. The summed E-state index contributed by atoms with van der Waals surface area (Å²) in [6.45, 7) is 16.3. The Morgan fingerprint density at radius 1 is 1.11 bits per heavy atom. The number of carbonyl (C=O) groups excluding carboxylic acids is 3. The molecule has 35 heavy (non-hydrogen) atoms. The predicted molar refractivity (Wildman–Crippen MR) is 128 cm³/mol. The van der Waals surface area contributed by atoms with Crippen LogP contribution >= 0.6 is 0 Å². The summed E-state index contributed by atoms with van der Waals surface area (Å²) >= 11 is 0. The quantitative estimate of drug-likeness (QED) is 0.216. The van der Waals surface area contributed by atoms with Crippen LogP contribution in [0.25, 0.3) is 0 Å². The highest BCUT2D eigenvalue weighted by molar-refractivity contribution is 5.68. The second kappa shape index (κ2) is 10.3. The van der Waals surface area contributed by atoms with Gasteiger partial charge in [0.05, 0.1) is 11.5 Å². The van der Waals surface area contributed by atoms with Crippen molar-refractivity contribution in [3.63, 3.8) is 0 Å². The Kier molecular flexibility index (Phi) is 7.96. The summed E-state index contributed by atoms with van der Waals surface area (Å²) < 4.78 is 29.2. The summed E-state index contributed by atoms with van der Waals surface area (Å²) in [6, 6.07) is 0. The van der Waals surface area contributed by atoms with Crippen molar-refractivity contribution in [2.24, 2.45) is 22.7 Å². The van der Waals surface area contributed by atoms with Crippen LogP contribution in [0.1, 0.15) is 60.3 Å². The zero-order valence-electron chi connectivity index (χ0n) is 21.6. The minimum atomic E-state index is -1.09. The van der Waals surface area contributed by atoms with Crippen molar-refractivity contribution in [2.75, 3.05) is 7.11 Å². The minimum absolute atomic E-state index is 0.185. The van der Waals surface area contributed by atoms with Gasteiger partial charge in [0.15, 0.2) is 0 Å². The first-order valence-corrected chi connectivity index (χ1v) is 12.1. The van der Waals surface area contributed by atoms with Crippen molar-refractivity contribution in [3.05, 3.63) is 36.5 Å². The Morgan fingerprint density at radius 2 is 1.74 bits per heavy atom. The Hall–Kier alpha value is -2.45. The molecule has 0 aromatic rings. The highest BCUT2D eigenvalue weighted by Gasteiger charge is 2.71. The van der Waals surface area contributed by atoms with E-state index in [1.54, 1.807) is 19.3 Å². The van der Waals surface area contributed by atoms with Gasteiger partial charge in [0.1, 0.15) is 6.10 Å². The van der Waals surface area contributed by atoms with Gasteiger partial charge in [0, 0.05) is 33.5 Å². The Morgan fingerprint density at radius 3 is 2.29 bits per heavy atom. The summed E-state index contributed by atoms with van der Waals surface area (Å²) in [5.74, 6) is -1.43. The fraction of sp³-hybridized carbons (Fsp3) is 0.667. The highest BCUT2D eigenvalue weighted by atomic mass is 16.8. The number of ether oxygens (including phenoxy) is 5. The number of esters is 3. The number of carbonyl (C=O) groups is 3. The summed E-state index contributed by atoms with van der Waals surface area (Å²) in [5.41, 5.74) is 0.329. The molecule has 1 spiro atoms. The molecule has 1 saturated heterocycles. The van der Waals surface area contributed by atoms with Crippen molar-refractivity contribution < 1.29 is 38.1 Å². The van der Waals surface area contributed by atoms with Gasteiger partial charge in [0.2, 0.25) is 12.6 Å². The van der Waals surface area contributed by atoms with E-state index in [-0.39, 0.29) is 23.4 Å². The Bertz CT molecular complexity index is 922. The van der Waals surface area contributed by atoms with E-state index in [1.165, 1.54) is 20.8 Å². The van der Waals surface area contributed by atoms with Crippen LogP contribution in [0.2, 0.25) is 0 Å². The standard InChI is InChI=1S/C27H38O8/c1-9-15(2)10-11-26(7)16(3)12-23(31-8)27-21(13-20(14-22(26)27)32-17(4)28)24(33-18(5)29)35-25(27)34-19(6)30/h9,13,16,20,22-25H,1-2,10-12,14H2,3-8H3/t16-,20+,22+,23+,24+,25-,26-,27-/m1/s1. The topological polar surface area (TPSA) is 97.4 Å². The van der Waals surface area contributed by atoms with Crippen LogP contribution in [-0.4, -0.2) is 49.8 Å². The van der Waals surface area contributed by atoms with E-state index in [4.69, 9.17) is 23.7 Å². The smallest absolute Gasteiger partial charge is 0.305 e. The third kappa shape index (κ3) is 4.83. The van der Waals surface area contributed by atoms with Crippen LogP contribution in [-0.2, 0) is 38.1 Å². The molecule has 3 aliphatic rings. The monoisotopic (exact) mass is 490 g/mol. The number of hydrogen-bond acceptors (Lipinski definition) is 8. The van der Waals surface area contributed by atoms with Crippen LogP contribution in [0.15, 0.2) is 36.5 Å². The molecule has 0 amide bonds. The van der Waals surface area contributed by atoms with E-state index >= 15 is 0 Å². The molecule has 3 rings (SSSR count). The lowest BCUT2D eigenvalue weighted by atomic mass is 9.45. The molecule has 2 aliphatic carbocycles. The van der Waals surface area contributed by atoms with Gasteiger partial charge >= 0.3 is 17.9 Å². The lowest BCUT2D eigenvalue weighted by Crippen LogP contribution is -2.63. The SMILES string of the molecule is C=CC(=C)CC[C@]1(C)[C@H](C)C[C@H](OC)[C@@]23C(=C[C@H](OC(C)=O)C[C@@H]12)[C@@H](OC(C)=O)O[C@H]3OC(C)=O. The molecule has 1 heterocycles. The van der Waals surface area contributed by atoms with Gasteiger partial charge in [-0.2, -0.15) is 0 Å². The molecule has 194 valence electrons. The van der Waals surface area contributed by atoms with Crippen molar-refractivity contribution in [1.29, 1.82) is 0 Å². The first-order valence-electron chi connectivity index (χ1n) is 12.1. The maximum Gasteiger partial charge on any atom is 0.305 e. The lowest BCUT2D eigenvalue weighted by molar-refractivity contribution is -0.257. The summed E-state index contributed by atoms with van der Waals surface area (Å²) in [5, 5.41) is 0. The summed E-state index contributed by atoms with van der Waals surface area (Å²) in [4.78, 5) is 36.1. The van der Waals surface area contributed by atoms with E-state index in [0.717, 1.165) is 18.4 Å². The van der Waals surface area contributed by atoms with Crippen LogP contribution in [0.4, 0.5) is 0 Å². The predicted octanol–water partition coefficient (Wildman–Crippen LogP) is 4.24. The van der Waals surface area contributed by atoms with Gasteiger partial charge < -0.3 is 18.9 Å². The van der Waals surface area contributed by atoms with Gasteiger partial charge in [-0.15, -0.1) is 0 Å². The van der Waals surface area contributed by atoms with Crippen LogP contribution in [0.3, 0.4) is 0 Å². The molecular formula is C27H38O8. The molecule has 0 aromatic heterocycles. The number of rotatable bonds is 8. The lowest BCUT2D eigenvalue weighted by Gasteiger charge is -2.61. The second-order valence-corrected chi connectivity index (χ2v) is 10.2. The van der Waals surface area contributed by atoms with Gasteiger partial charge in [-0.05, 0) is 49.0 Å². The maximum absolute atomic E-state index is 12.2. The zero-order chi connectivity index (χ0) is 26.1. The van der Waals surface area contributed by atoms with Crippen LogP contribution < -0.4 is 0 Å². The molecule has 0 radical (unpaired) electrons. The van der Waals surface area contributed by atoms with Crippen LogP contribution in [0.5, 0.6) is 0 Å². The van der Waals surface area contributed by atoms with E-state index in [9.17, 15) is 14.4 Å². The van der Waals surface area contributed by atoms with Gasteiger partial charge in [-0.25, -0.2) is 0 Å². The number of hydrogen-bond donors (Lipinski definition) is 0. The first-order chi connectivity index (χ1) is 16.4. The molecule has 8 nitrogen and oxygen atoms in total. The average Bonchev–Trinajstić information content (AvgIpc) is 3.05. The molecule has 1 aliphatic heterocycles. The van der Waals surface area contributed by atoms with Gasteiger partial charge in [0.25, 0.3) is 0 Å². The third-order valence-corrected chi connectivity index (χ3v) is 8.24. The normalized spacial score (nSPS) is 37.8. The zero-order valence-corrected chi connectivity index (χ0v) is 21.6. The molecule has 8 heteroatoms. The molecule has 0 unspecified atom stereocenters. The molecule has 2 fully saturated rings. The van der Waals surface area contributed by atoms with E-state index < -0.39 is 42.0 Å². The minimum Gasteiger partial charge on any atom is -0.458 e. The largest absolute Gasteiger partial charge is 0.458 e. The number of methoxy groups -OCH3 is 1. The molecule has 8 atom stereocenters. The van der Waals surface area contributed by atoms with Crippen molar-refractivity contribution in [1.82, 2.24) is 0 Å². The maximum atomic E-state index is 12.2. The molecule has 0 bridgehead atoms. The van der Waals surface area contributed by atoms with E-state index in [1.807, 2.05) is 0 Å². The molecule has 1 saturated carbocycles. The van der Waals surface area contributed by atoms with Crippen molar-refractivity contribution >= 4 is 17.9 Å². The fourth-order valence-electron chi connectivity index (χ4n) is 6.49. The molecular weight excluding hydrogens is 452 g/mol. The Labute approximate surface area is 207 Å². The fourth-order valence-corrected chi connectivity index (χ4v) is 6.49. The molecule has 0 N–H and O–H groups in total. The summed E-state index contributed by atoms with van der Waals surface area (Å²) in [7, 11) is 1.63. The Balaban J connectivity index is 2.24. The highest BCUT2D eigenvalue weighted by Crippen LogP contribution is 2.67. The number of allylic oxidation sites excluding steroid dienone is 2. The summed E-state index contributed by atoms with van der Waals surface area (Å²) in [6.07, 6.45) is 3.18. The van der Waals surface area contributed by atoms with E-state index in [0.29, 0.717) is 18.4 Å². The third-order valence-electron chi connectivity index (χ3n) is 8.24. The van der Waals surface area contributed by atoms with Crippen LogP contribution in [0, 0.1) is 22.7 Å². The van der Waals surface area contributed by atoms with Gasteiger partial charge in [-0.3, -0.25) is 19.1 Å².